The number of hydrogen-bond acceptors (Lipinski definition) is 5. The first-order valence-electron chi connectivity index (χ1n) is 8.12. The highest BCUT2D eigenvalue weighted by molar-refractivity contribution is 6.06. The number of benzene rings is 1. The number of nitrogens with one attached hydrogen (secondary N) is 2. The highest BCUT2D eigenvalue weighted by Crippen LogP contribution is 2.38. The van der Waals surface area contributed by atoms with E-state index in [9.17, 15) is 4.79 Å². The molecule has 1 aliphatic heterocycles. The molecule has 0 bridgehead atoms. The van der Waals surface area contributed by atoms with Crippen LogP contribution in [0.1, 0.15) is 19.4 Å². The van der Waals surface area contributed by atoms with Gasteiger partial charge in [0.1, 0.15) is 5.82 Å². The van der Waals surface area contributed by atoms with Gasteiger partial charge >= 0.3 is 0 Å². The molecule has 0 fully saturated rings. The minimum Gasteiger partial charge on any atom is -0.363 e. The molecular weight excluding hydrogens is 316 g/mol. The molecule has 0 aliphatic carbocycles. The van der Waals surface area contributed by atoms with E-state index in [1.54, 1.807) is 4.52 Å². The summed E-state index contributed by atoms with van der Waals surface area (Å²) in [6.45, 7) is 3.85. The van der Waals surface area contributed by atoms with Crippen molar-refractivity contribution in [3.05, 3.63) is 42.0 Å². The van der Waals surface area contributed by atoms with E-state index >= 15 is 0 Å². The molecule has 0 unspecified atom stereocenters. The monoisotopic (exact) mass is 336 g/mol. The van der Waals surface area contributed by atoms with E-state index in [2.05, 4.69) is 20.7 Å². The summed E-state index contributed by atoms with van der Waals surface area (Å²) in [4.78, 5) is 18.6. The van der Waals surface area contributed by atoms with Crippen molar-refractivity contribution in [3.63, 3.8) is 0 Å². The molecule has 0 spiro atoms. The Balaban J connectivity index is 1.68. The maximum Gasteiger partial charge on any atom is 0.247 e. The first-order valence-corrected chi connectivity index (χ1v) is 8.12. The second kappa shape index (κ2) is 5.20. The lowest BCUT2D eigenvalue weighted by molar-refractivity contribution is -0.119. The number of rotatable bonds is 3. The van der Waals surface area contributed by atoms with Crippen molar-refractivity contribution >= 4 is 34.7 Å². The zero-order valence-electron chi connectivity index (χ0n) is 14.7. The van der Waals surface area contributed by atoms with Gasteiger partial charge in [-0.2, -0.15) is 9.50 Å². The Morgan fingerprint density at radius 2 is 2.00 bits per heavy atom. The number of carbonyl (C=O) groups is 1. The summed E-state index contributed by atoms with van der Waals surface area (Å²) >= 11 is 0. The highest BCUT2D eigenvalue weighted by atomic mass is 16.2. The zero-order valence-corrected chi connectivity index (χ0v) is 14.7. The van der Waals surface area contributed by atoms with Gasteiger partial charge in [0.15, 0.2) is 5.65 Å². The fourth-order valence-electron chi connectivity index (χ4n) is 3.08. The maximum atomic E-state index is 12.1. The predicted octanol–water partition coefficient (Wildman–Crippen LogP) is 2.77. The third-order valence-corrected chi connectivity index (χ3v) is 4.56. The summed E-state index contributed by atoms with van der Waals surface area (Å²) in [7, 11) is 3.93. The van der Waals surface area contributed by atoms with Crippen molar-refractivity contribution in [2.45, 2.75) is 19.3 Å². The molecule has 1 amide bonds. The average Bonchev–Trinajstić information content (AvgIpc) is 3.05. The number of fused-ring (bicyclic) bond motifs is 2. The Morgan fingerprint density at radius 3 is 2.76 bits per heavy atom. The van der Waals surface area contributed by atoms with Gasteiger partial charge in [-0.15, -0.1) is 5.10 Å². The van der Waals surface area contributed by atoms with Gasteiger partial charge in [0.25, 0.3) is 0 Å². The number of aromatic nitrogens is 3. The van der Waals surface area contributed by atoms with Crippen LogP contribution in [0.2, 0.25) is 0 Å². The van der Waals surface area contributed by atoms with Gasteiger partial charge in [0, 0.05) is 25.5 Å². The number of carbonyl (C=O) groups excluding carboxylic acids is 1. The second-order valence-corrected chi connectivity index (χ2v) is 6.95. The number of pyridine rings is 1. The van der Waals surface area contributed by atoms with Crippen LogP contribution in [0.25, 0.3) is 5.65 Å². The van der Waals surface area contributed by atoms with Crippen molar-refractivity contribution in [3.8, 4) is 0 Å². The summed E-state index contributed by atoms with van der Waals surface area (Å²) in [5.41, 5.74) is 2.93. The molecule has 128 valence electrons. The topological polar surface area (TPSA) is 74.6 Å². The van der Waals surface area contributed by atoms with Gasteiger partial charge in [0.05, 0.1) is 5.41 Å². The Labute approximate surface area is 145 Å². The minimum absolute atomic E-state index is 0.0149. The van der Waals surface area contributed by atoms with E-state index < -0.39 is 5.41 Å². The van der Waals surface area contributed by atoms with Crippen LogP contribution in [0.5, 0.6) is 0 Å². The van der Waals surface area contributed by atoms with Crippen LogP contribution >= 0.6 is 0 Å². The van der Waals surface area contributed by atoms with Crippen LogP contribution in [0.4, 0.5) is 23.1 Å². The van der Waals surface area contributed by atoms with Gasteiger partial charge < -0.3 is 15.5 Å². The largest absolute Gasteiger partial charge is 0.363 e. The third kappa shape index (κ3) is 2.39. The van der Waals surface area contributed by atoms with Gasteiger partial charge in [-0.25, -0.2) is 0 Å². The van der Waals surface area contributed by atoms with Crippen LogP contribution < -0.4 is 15.5 Å². The molecule has 0 saturated heterocycles. The molecular formula is C18H20N6O. The first-order chi connectivity index (χ1) is 11.9. The SMILES string of the molecule is CN(C)c1cccc2nc(Nc3ccc4c(c3)NC(=O)C4(C)C)nn12. The molecule has 7 nitrogen and oxygen atoms in total. The van der Waals surface area contributed by atoms with Crippen LogP contribution in [0, 0.1) is 0 Å². The molecule has 0 radical (unpaired) electrons. The molecule has 1 aromatic carbocycles. The average molecular weight is 336 g/mol. The molecule has 3 aromatic rings. The predicted molar refractivity (Wildman–Crippen MR) is 98.7 cm³/mol. The Bertz CT molecular complexity index is 988. The lowest BCUT2D eigenvalue weighted by Gasteiger charge is -2.15. The highest BCUT2D eigenvalue weighted by Gasteiger charge is 2.38. The van der Waals surface area contributed by atoms with E-state index in [0.29, 0.717) is 5.95 Å². The Kier molecular flexibility index (Phi) is 3.21. The molecule has 1 aliphatic rings. The molecule has 25 heavy (non-hydrogen) atoms. The van der Waals surface area contributed by atoms with Crippen molar-refractivity contribution < 1.29 is 4.79 Å². The Morgan fingerprint density at radius 1 is 1.20 bits per heavy atom. The number of hydrogen-bond donors (Lipinski definition) is 2. The number of nitrogens with zero attached hydrogens (tertiary/aromatic N) is 4. The van der Waals surface area contributed by atoms with Gasteiger partial charge in [-0.05, 0) is 43.7 Å². The molecule has 0 saturated carbocycles. The van der Waals surface area contributed by atoms with Gasteiger partial charge in [0.2, 0.25) is 11.9 Å². The quantitative estimate of drug-likeness (QED) is 0.769. The first kappa shape index (κ1) is 15.4. The Hall–Kier alpha value is -3.09. The van der Waals surface area contributed by atoms with Crippen LogP contribution in [-0.4, -0.2) is 34.6 Å². The van der Waals surface area contributed by atoms with E-state index in [1.165, 1.54) is 0 Å². The van der Waals surface area contributed by atoms with Crippen LogP contribution in [0.15, 0.2) is 36.4 Å². The lowest BCUT2D eigenvalue weighted by Crippen LogP contribution is -2.26. The van der Waals surface area contributed by atoms with Crippen molar-refractivity contribution in [1.82, 2.24) is 14.6 Å². The van der Waals surface area contributed by atoms with Crippen molar-refractivity contribution in [2.75, 3.05) is 29.6 Å². The minimum atomic E-state index is -0.504. The van der Waals surface area contributed by atoms with Crippen LogP contribution in [0.3, 0.4) is 0 Å². The lowest BCUT2D eigenvalue weighted by atomic mass is 9.86. The van der Waals surface area contributed by atoms with E-state index in [1.807, 2.05) is 69.2 Å². The number of amides is 1. The van der Waals surface area contributed by atoms with Gasteiger partial charge in [-0.1, -0.05) is 12.1 Å². The van der Waals surface area contributed by atoms with Crippen molar-refractivity contribution in [2.24, 2.45) is 0 Å². The summed E-state index contributed by atoms with van der Waals surface area (Å²) < 4.78 is 1.79. The normalized spacial score (nSPS) is 15.1. The fraction of sp³-hybridized carbons (Fsp3) is 0.278. The summed E-state index contributed by atoms with van der Waals surface area (Å²) in [6.07, 6.45) is 0. The molecule has 2 aromatic heterocycles. The summed E-state index contributed by atoms with van der Waals surface area (Å²) in [5, 5.41) is 10.7. The molecule has 2 N–H and O–H groups in total. The second-order valence-electron chi connectivity index (χ2n) is 6.95. The van der Waals surface area contributed by atoms with Gasteiger partial charge in [-0.3, -0.25) is 4.79 Å². The maximum absolute atomic E-state index is 12.1. The molecule has 3 heterocycles. The summed E-state index contributed by atoms with van der Waals surface area (Å²) in [5.74, 6) is 1.47. The van der Waals surface area contributed by atoms with Crippen molar-refractivity contribution in [1.29, 1.82) is 0 Å². The molecule has 4 rings (SSSR count). The summed E-state index contributed by atoms with van der Waals surface area (Å²) in [6, 6.07) is 11.7. The zero-order chi connectivity index (χ0) is 17.8. The molecule has 7 heteroatoms. The van der Waals surface area contributed by atoms with E-state index in [-0.39, 0.29) is 5.91 Å². The fourth-order valence-corrected chi connectivity index (χ4v) is 3.08. The van der Waals surface area contributed by atoms with E-state index in [4.69, 9.17) is 0 Å². The smallest absolute Gasteiger partial charge is 0.247 e. The molecule has 0 atom stereocenters. The van der Waals surface area contributed by atoms with Crippen LogP contribution in [-0.2, 0) is 10.2 Å². The third-order valence-electron chi connectivity index (χ3n) is 4.56. The number of anilines is 4. The van der Waals surface area contributed by atoms with E-state index in [0.717, 1.165) is 28.4 Å². The standard InChI is InChI=1S/C18H20N6O/c1-18(2)12-9-8-11(10-13(12)20-16(18)25)19-17-21-14-6-5-7-15(23(3)4)24(14)22-17/h5-10H,1-4H3,(H,19,22)(H,20,25).